The van der Waals surface area contributed by atoms with E-state index in [0.29, 0.717) is 18.5 Å². The molecule has 3 nitrogen and oxygen atoms in total. The number of amides is 1. The average molecular weight is 229 g/mol. The van der Waals surface area contributed by atoms with E-state index in [4.69, 9.17) is 0 Å². The number of aryl methyl sites for hydroxylation is 2. The third-order valence-corrected chi connectivity index (χ3v) is 2.96. The molecule has 0 spiro atoms. The Balaban J connectivity index is 2.52. The minimum absolute atomic E-state index is 0.393. The Labute approximate surface area is 101 Å². The van der Waals surface area contributed by atoms with Crippen LogP contribution in [0.15, 0.2) is 24.8 Å². The van der Waals surface area contributed by atoms with Crippen molar-refractivity contribution < 1.29 is 9.59 Å². The number of carbonyl (C=O) groups is 2. The third kappa shape index (κ3) is 1.78. The summed E-state index contributed by atoms with van der Waals surface area (Å²) >= 11 is 0. The molecule has 0 saturated carbocycles. The fourth-order valence-electron chi connectivity index (χ4n) is 2.26. The molecule has 0 bridgehead atoms. The van der Waals surface area contributed by atoms with E-state index in [0.717, 1.165) is 16.8 Å². The van der Waals surface area contributed by atoms with Crippen LogP contribution in [0.25, 0.3) is 0 Å². The van der Waals surface area contributed by atoms with Gasteiger partial charge < -0.3 is 4.90 Å². The van der Waals surface area contributed by atoms with Crippen LogP contribution in [0.2, 0.25) is 0 Å². The minimum atomic E-state index is -0.421. The third-order valence-electron chi connectivity index (χ3n) is 2.96. The quantitative estimate of drug-likeness (QED) is 0.589. The summed E-state index contributed by atoms with van der Waals surface area (Å²) in [5, 5.41) is 0. The van der Waals surface area contributed by atoms with E-state index >= 15 is 0 Å². The van der Waals surface area contributed by atoms with E-state index in [1.807, 2.05) is 19.9 Å². The highest BCUT2D eigenvalue weighted by atomic mass is 16.2. The second kappa shape index (κ2) is 4.17. The molecule has 0 radical (unpaired) electrons. The first-order chi connectivity index (χ1) is 8.06. The summed E-state index contributed by atoms with van der Waals surface area (Å²) in [5.74, 6) is -0.814. The summed E-state index contributed by atoms with van der Waals surface area (Å²) in [6.45, 7) is 8.01. The highest BCUT2D eigenvalue weighted by molar-refractivity contribution is 6.52. The van der Waals surface area contributed by atoms with Crippen molar-refractivity contribution in [3.8, 4) is 0 Å². The number of hydrogen-bond donors (Lipinski definition) is 0. The Morgan fingerprint density at radius 2 is 2.00 bits per heavy atom. The van der Waals surface area contributed by atoms with E-state index in [1.165, 1.54) is 0 Å². The van der Waals surface area contributed by atoms with Crippen molar-refractivity contribution in [3.63, 3.8) is 0 Å². The summed E-state index contributed by atoms with van der Waals surface area (Å²) < 4.78 is 0. The number of benzene rings is 1. The summed E-state index contributed by atoms with van der Waals surface area (Å²) in [6.07, 6.45) is 2.44. The average Bonchev–Trinajstić information content (AvgIpc) is 2.51. The van der Waals surface area contributed by atoms with Crippen LogP contribution in [-0.2, 0) is 4.79 Å². The zero-order valence-electron chi connectivity index (χ0n) is 10.1. The lowest BCUT2D eigenvalue weighted by Crippen LogP contribution is -2.30. The maximum Gasteiger partial charge on any atom is 0.299 e. The number of nitrogens with zero attached hydrogens (tertiary/aromatic N) is 1. The Hall–Kier alpha value is -1.90. The van der Waals surface area contributed by atoms with Crippen LogP contribution in [-0.4, -0.2) is 18.2 Å². The standard InChI is InChI=1S/C14H15NO2/c1-4-5-6-15-12-10(3)7-9(2)8-11(12)13(16)14(15)17/h4,7-8H,1,5-6H2,2-3H3. The van der Waals surface area contributed by atoms with E-state index in [9.17, 15) is 9.59 Å². The van der Waals surface area contributed by atoms with Crippen molar-refractivity contribution in [2.75, 3.05) is 11.4 Å². The summed E-state index contributed by atoms with van der Waals surface area (Å²) in [6, 6.07) is 3.78. The van der Waals surface area contributed by atoms with Crippen molar-refractivity contribution in [3.05, 3.63) is 41.5 Å². The molecule has 2 rings (SSSR count). The first-order valence-electron chi connectivity index (χ1n) is 5.64. The van der Waals surface area contributed by atoms with Gasteiger partial charge in [0.05, 0.1) is 11.3 Å². The fourth-order valence-corrected chi connectivity index (χ4v) is 2.26. The van der Waals surface area contributed by atoms with Gasteiger partial charge in [-0.15, -0.1) is 6.58 Å². The number of Topliss-reactive ketones (excluding diaryl/α,β-unsaturated/α-hetero) is 1. The largest absolute Gasteiger partial charge is 0.304 e. The van der Waals surface area contributed by atoms with Crippen molar-refractivity contribution in [1.82, 2.24) is 0 Å². The molecule has 0 atom stereocenters. The molecular weight excluding hydrogens is 214 g/mol. The first kappa shape index (κ1) is 11.6. The molecule has 17 heavy (non-hydrogen) atoms. The monoisotopic (exact) mass is 229 g/mol. The second-order valence-electron chi connectivity index (χ2n) is 4.34. The van der Waals surface area contributed by atoms with Crippen LogP contribution >= 0.6 is 0 Å². The van der Waals surface area contributed by atoms with Gasteiger partial charge in [0.15, 0.2) is 0 Å². The van der Waals surface area contributed by atoms with Crippen LogP contribution < -0.4 is 4.90 Å². The van der Waals surface area contributed by atoms with Gasteiger partial charge in [0, 0.05) is 6.54 Å². The SMILES string of the molecule is C=CCCN1C(=O)C(=O)c2cc(C)cc(C)c21. The van der Waals surface area contributed by atoms with Crippen molar-refractivity contribution in [1.29, 1.82) is 0 Å². The van der Waals surface area contributed by atoms with Gasteiger partial charge in [-0.2, -0.15) is 0 Å². The topological polar surface area (TPSA) is 37.4 Å². The molecule has 0 aliphatic carbocycles. The van der Waals surface area contributed by atoms with Gasteiger partial charge in [-0.05, 0) is 37.5 Å². The van der Waals surface area contributed by atoms with Crippen LogP contribution in [0.1, 0.15) is 27.9 Å². The van der Waals surface area contributed by atoms with Gasteiger partial charge in [0.25, 0.3) is 11.7 Å². The molecule has 0 fully saturated rings. The Morgan fingerprint density at radius 1 is 1.29 bits per heavy atom. The lowest BCUT2D eigenvalue weighted by atomic mass is 10.0. The van der Waals surface area contributed by atoms with Crippen LogP contribution in [0.4, 0.5) is 5.69 Å². The molecule has 0 saturated heterocycles. The maximum atomic E-state index is 11.9. The lowest BCUT2D eigenvalue weighted by Gasteiger charge is -2.17. The number of ketones is 1. The zero-order chi connectivity index (χ0) is 12.6. The van der Waals surface area contributed by atoms with Crippen molar-refractivity contribution >= 4 is 17.4 Å². The second-order valence-corrected chi connectivity index (χ2v) is 4.34. The fraction of sp³-hybridized carbons (Fsp3) is 0.286. The molecule has 1 aliphatic heterocycles. The lowest BCUT2D eigenvalue weighted by molar-refractivity contribution is -0.114. The summed E-state index contributed by atoms with van der Waals surface area (Å²) in [5.41, 5.74) is 3.29. The highest BCUT2D eigenvalue weighted by Crippen LogP contribution is 2.33. The zero-order valence-corrected chi connectivity index (χ0v) is 10.1. The molecule has 0 N–H and O–H groups in total. The molecular formula is C14H15NO2. The molecule has 1 aliphatic rings. The highest BCUT2D eigenvalue weighted by Gasteiger charge is 2.36. The smallest absolute Gasteiger partial charge is 0.299 e. The minimum Gasteiger partial charge on any atom is -0.304 e. The Kier molecular flexibility index (Phi) is 2.84. The first-order valence-corrected chi connectivity index (χ1v) is 5.64. The van der Waals surface area contributed by atoms with Gasteiger partial charge >= 0.3 is 0 Å². The van der Waals surface area contributed by atoms with Gasteiger partial charge in [-0.25, -0.2) is 0 Å². The number of rotatable bonds is 3. The summed E-state index contributed by atoms with van der Waals surface area (Å²) in [4.78, 5) is 25.3. The Bertz CT molecular complexity index is 517. The predicted octanol–water partition coefficient (Wildman–Crippen LogP) is 2.41. The van der Waals surface area contributed by atoms with Crippen LogP contribution in [0.5, 0.6) is 0 Å². The van der Waals surface area contributed by atoms with Crippen molar-refractivity contribution in [2.45, 2.75) is 20.3 Å². The molecule has 0 unspecified atom stereocenters. The molecule has 1 aromatic carbocycles. The van der Waals surface area contributed by atoms with Gasteiger partial charge in [0.2, 0.25) is 0 Å². The molecule has 0 aromatic heterocycles. The summed E-state index contributed by atoms with van der Waals surface area (Å²) in [7, 11) is 0. The van der Waals surface area contributed by atoms with E-state index in [1.54, 1.807) is 17.0 Å². The van der Waals surface area contributed by atoms with E-state index in [2.05, 4.69) is 6.58 Å². The van der Waals surface area contributed by atoms with Crippen LogP contribution in [0, 0.1) is 13.8 Å². The number of fused-ring (bicyclic) bond motifs is 1. The van der Waals surface area contributed by atoms with Crippen molar-refractivity contribution in [2.24, 2.45) is 0 Å². The van der Waals surface area contributed by atoms with E-state index < -0.39 is 11.7 Å². The van der Waals surface area contributed by atoms with E-state index in [-0.39, 0.29) is 0 Å². The van der Waals surface area contributed by atoms with Crippen LogP contribution in [0.3, 0.4) is 0 Å². The molecule has 1 aromatic rings. The molecule has 88 valence electrons. The normalized spacial score (nSPS) is 14.1. The molecule has 1 heterocycles. The molecule has 3 heteroatoms. The predicted molar refractivity (Wildman–Crippen MR) is 67.4 cm³/mol. The number of hydrogen-bond acceptors (Lipinski definition) is 2. The van der Waals surface area contributed by atoms with Gasteiger partial charge in [-0.3, -0.25) is 9.59 Å². The number of anilines is 1. The molecule has 1 amide bonds. The van der Waals surface area contributed by atoms with Gasteiger partial charge in [-0.1, -0.05) is 12.1 Å². The number of carbonyl (C=O) groups excluding carboxylic acids is 2. The Morgan fingerprint density at radius 3 is 2.65 bits per heavy atom. The maximum absolute atomic E-state index is 11.9. The van der Waals surface area contributed by atoms with Gasteiger partial charge in [0.1, 0.15) is 0 Å².